The Morgan fingerprint density at radius 1 is 1.07 bits per heavy atom. The third-order valence-corrected chi connectivity index (χ3v) is 6.82. The average Bonchev–Trinajstić information content (AvgIpc) is 3.17. The zero-order chi connectivity index (χ0) is 20.6. The number of benzene rings is 2. The largest absolute Gasteiger partial charge is 0.335 e. The van der Waals surface area contributed by atoms with E-state index in [4.69, 9.17) is 4.52 Å². The molecular weight excluding hydrogens is 393 g/mol. The van der Waals surface area contributed by atoms with Crippen LogP contribution in [-0.2, 0) is 10.0 Å². The lowest BCUT2D eigenvalue weighted by Crippen LogP contribution is -2.29. The van der Waals surface area contributed by atoms with Crippen molar-refractivity contribution in [1.82, 2.24) is 14.4 Å². The molecule has 0 saturated carbocycles. The molecule has 8 heteroatoms. The van der Waals surface area contributed by atoms with E-state index in [0.29, 0.717) is 16.6 Å². The Morgan fingerprint density at radius 3 is 2.45 bits per heavy atom. The van der Waals surface area contributed by atoms with Crippen molar-refractivity contribution in [2.75, 3.05) is 7.05 Å². The van der Waals surface area contributed by atoms with Crippen molar-refractivity contribution in [3.63, 3.8) is 0 Å². The van der Waals surface area contributed by atoms with Crippen LogP contribution in [0.4, 0.5) is 4.39 Å². The molecule has 2 aromatic heterocycles. The average molecular weight is 411 g/mol. The minimum atomic E-state index is -3.86. The number of halogens is 1. The number of fused-ring (bicyclic) bond motifs is 1. The highest BCUT2D eigenvalue weighted by Crippen LogP contribution is 2.31. The summed E-state index contributed by atoms with van der Waals surface area (Å²) in [7, 11) is -2.37. The van der Waals surface area contributed by atoms with Gasteiger partial charge in [0, 0.05) is 18.7 Å². The van der Waals surface area contributed by atoms with Gasteiger partial charge in [0.05, 0.1) is 11.6 Å². The van der Waals surface area contributed by atoms with Gasteiger partial charge in [0.1, 0.15) is 16.4 Å². The molecule has 0 radical (unpaired) electrons. The van der Waals surface area contributed by atoms with Crippen molar-refractivity contribution in [2.45, 2.75) is 17.9 Å². The van der Waals surface area contributed by atoms with Gasteiger partial charge in [-0.25, -0.2) is 17.8 Å². The van der Waals surface area contributed by atoms with Crippen LogP contribution in [0.2, 0.25) is 0 Å². The lowest BCUT2D eigenvalue weighted by molar-refractivity contribution is 0.398. The fraction of sp³-hybridized carbons (Fsp3) is 0.143. The summed E-state index contributed by atoms with van der Waals surface area (Å²) in [6, 6.07) is 16.1. The molecule has 0 aliphatic heterocycles. The molecule has 29 heavy (non-hydrogen) atoms. The van der Waals surface area contributed by atoms with Crippen molar-refractivity contribution in [2.24, 2.45) is 0 Å². The van der Waals surface area contributed by atoms with E-state index < -0.39 is 16.1 Å². The summed E-state index contributed by atoms with van der Waals surface area (Å²) in [4.78, 5) is 4.16. The van der Waals surface area contributed by atoms with Crippen molar-refractivity contribution in [3.05, 3.63) is 78.2 Å². The Bertz CT molecular complexity index is 1260. The summed E-state index contributed by atoms with van der Waals surface area (Å²) in [6.45, 7) is 1.74. The number of rotatable bonds is 5. The number of aromatic nitrogens is 2. The Morgan fingerprint density at radius 2 is 1.76 bits per heavy atom. The number of hydrogen-bond donors (Lipinski definition) is 0. The summed E-state index contributed by atoms with van der Waals surface area (Å²) in [5.74, 6) is -0.373. The molecule has 148 valence electrons. The second kappa shape index (κ2) is 7.38. The van der Waals surface area contributed by atoms with Gasteiger partial charge in [0.2, 0.25) is 10.0 Å². The summed E-state index contributed by atoms with van der Waals surface area (Å²) < 4.78 is 46.1. The molecule has 1 atom stereocenters. The van der Waals surface area contributed by atoms with Gasteiger partial charge in [0.15, 0.2) is 0 Å². The highest BCUT2D eigenvalue weighted by atomic mass is 32.2. The first-order valence-electron chi connectivity index (χ1n) is 8.92. The van der Waals surface area contributed by atoms with Crippen LogP contribution >= 0.6 is 0 Å². The minimum absolute atomic E-state index is 0.0295. The molecule has 6 nitrogen and oxygen atoms in total. The van der Waals surface area contributed by atoms with E-state index in [1.807, 2.05) is 30.3 Å². The highest BCUT2D eigenvalue weighted by molar-refractivity contribution is 7.89. The van der Waals surface area contributed by atoms with Crippen LogP contribution in [-0.4, -0.2) is 29.9 Å². The van der Waals surface area contributed by atoms with E-state index >= 15 is 0 Å². The summed E-state index contributed by atoms with van der Waals surface area (Å²) in [5.41, 5.74) is 2.27. The third kappa shape index (κ3) is 3.52. The fourth-order valence-electron chi connectivity index (χ4n) is 3.08. The maximum absolute atomic E-state index is 13.2. The molecule has 0 N–H and O–H groups in total. The quantitative estimate of drug-likeness (QED) is 0.486. The van der Waals surface area contributed by atoms with Gasteiger partial charge in [-0.3, -0.25) is 0 Å². The van der Waals surface area contributed by atoms with E-state index in [2.05, 4.69) is 10.1 Å². The molecule has 4 rings (SSSR count). The lowest BCUT2D eigenvalue weighted by atomic mass is 10.1. The van der Waals surface area contributed by atoms with Crippen LogP contribution in [0.5, 0.6) is 0 Å². The number of hydrogen-bond acceptors (Lipinski definition) is 5. The first-order chi connectivity index (χ1) is 13.9. The molecule has 0 amide bonds. The van der Waals surface area contributed by atoms with Crippen LogP contribution in [0.3, 0.4) is 0 Å². The molecule has 0 saturated heterocycles. The van der Waals surface area contributed by atoms with Gasteiger partial charge in [-0.15, -0.1) is 0 Å². The SMILES string of the molecule is CC(c1ccc(F)cc1)N(C)S(=O)(=O)c1cnc2onc(-c3ccccc3)c2c1. The second-order valence-electron chi connectivity index (χ2n) is 6.67. The molecule has 2 heterocycles. The van der Waals surface area contributed by atoms with E-state index in [9.17, 15) is 12.8 Å². The van der Waals surface area contributed by atoms with Crippen LogP contribution < -0.4 is 0 Å². The number of sulfonamides is 1. The zero-order valence-electron chi connectivity index (χ0n) is 15.8. The van der Waals surface area contributed by atoms with Crippen LogP contribution in [0.25, 0.3) is 22.4 Å². The lowest BCUT2D eigenvalue weighted by Gasteiger charge is -2.24. The van der Waals surface area contributed by atoms with E-state index in [1.165, 1.54) is 35.7 Å². The van der Waals surface area contributed by atoms with Gasteiger partial charge in [-0.05, 0) is 30.7 Å². The molecular formula is C21H18FN3O3S. The molecule has 0 spiro atoms. The van der Waals surface area contributed by atoms with Crippen LogP contribution in [0.15, 0.2) is 76.3 Å². The van der Waals surface area contributed by atoms with Gasteiger partial charge in [-0.1, -0.05) is 47.6 Å². The minimum Gasteiger partial charge on any atom is -0.335 e. The molecule has 4 aromatic rings. The van der Waals surface area contributed by atoms with E-state index in [0.717, 1.165) is 5.56 Å². The van der Waals surface area contributed by atoms with Crippen molar-refractivity contribution in [3.8, 4) is 11.3 Å². The molecule has 0 bridgehead atoms. The van der Waals surface area contributed by atoms with Crippen molar-refractivity contribution in [1.29, 1.82) is 0 Å². The van der Waals surface area contributed by atoms with E-state index in [1.54, 1.807) is 19.1 Å². The number of nitrogens with zero attached hydrogens (tertiary/aromatic N) is 3. The second-order valence-corrected chi connectivity index (χ2v) is 8.67. The Hall–Kier alpha value is -3.10. The van der Waals surface area contributed by atoms with Crippen molar-refractivity contribution < 1.29 is 17.3 Å². The monoisotopic (exact) mass is 411 g/mol. The molecule has 1 unspecified atom stereocenters. The van der Waals surface area contributed by atoms with Gasteiger partial charge in [-0.2, -0.15) is 4.31 Å². The fourth-order valence-corrected chi connectivity index (χ4v) is 4.41. The smallest absolute Gasteiger partial charge is 0.258 e. The molecule has 0 fully saturated rings. The Balaban J connectivity index is 1.73. The van der Waals surface area contributed by atoms with E-state index in [-0.39, 0.29) is 16.4 Å². The standard InChI is InChI=1S/C21H18FN3O3S/c1-14(15-8-10-17(22)11-9-15)25(2)29(26,27)18-12-19-20(16-6-4-3-5-7-16)24-28-21(19)23-13-18/h3-14H,1-2H3. The predicted octanol–water partition coefficient (Wildman–Crippen LogP) is 4.41. The third-order valence-electron chi connectivity index (χ3n) is 4.93. The summed E-state index contributed by atoms with van der Waals surface area (Å²) in [6.07, 6.45) is 1.26. The normalized spacial score (nSPS) is 13.1. The molecule has 2 aromatic carbocycles. The highest BCUT2D eigenvalue weighted by Gasteiger charge is 2.28. The van der Waals surface area contributed by atoms with Gasteiger partial charge >= 0.3 is 0 Å². The topological polar surface area (TPSA) is 76.3 Å². The molecule has 0 aliphatic carbocycles. The Kier molecular flexibility index (Phi) is 4.89. The first kappa shape index (κ1) is 19.2. The van der Waals surface area contributed by atoms with Gasteiger partial charge in [0.25, 0.3) is 5.71 Å². The van der Waals surface area contributed by atoms with Crippen LogP contribution in [0, 0.1) is 5.82 Å². The van der Waals surface area contributed by atoms with Crippen LogP contribution in [0.1, 0.15) is 18.5 Å². The summed E-state index contributed by atoms with van der Waals surface area (Å²) >= 11 is 0. The maximum atomic E-state index is 13.2. The van der Waals surface area contributed by atoms with Crippen molar-refractivity contribution >= 4 is 21.1 Å². The maximum Gasteiger partial charge on any atom is 0.258 e. The number of pyridine rings is 1. The summed E-state index contributed by atoms with van der Waals surface area (Å²) in [5, 5.41) is 4.56. The molecule has 0 aliphatic rings. The first-order valence-corrected chi connectivity index (χ1v) is 10.4. The predicted molar refractivity (Wildman–Crippen MR) is 107 cm³/mol. The van der Waals surface area contributed by atoms with Gasteiger partial charge < -0.3 is 4.52 Å². The Labute approximate surface area is 167 Å². The zero-order valence-corrected chi connectivity index (χ0v) is 16.6.